The zero-order valence-electron chi connectivity index (χ0n) is 9.70. The lowest BCUT2D eigenvalue weighted by Gasteiger charge is -2.08. The molecule has 0 unspecified atom stereocenters. The average Bonchev–Trinajstić information content (AvgIpc) is 2.36. The maximum Gasteiger partial charge on any atom is 0.165 e. The molecule has 0 radical (unpaired) electrons. The Morgan fingerprint density at radius 2 is 1.72 bits per heavy atom. The topological polar surface area (TPSA) is 35.2 Å². The van der Waals surface area contributed by atoms with Crippen LogP contribution in [0, 0.1) is 11.6 Å². The molecule has 0 aromatic heterocycles. The highest BCUT2D eigenvalue weighted by atomic mass is 19.1. The third-order valence-electron chi connectivity index (χ3n) is 2.47. The summed E-state index contributed by atoms with van der Waals surface area (Å²) < 4.78 is 31.7. The fraction of sp³-hybridized carbons (Fsp3) is 0.143. The first-order chi connectivity index (χ1) is 8.69. The molecule has 2 rings (SSSR count). The number of nitrogens with two attached hydrogens (primary N) is 1. The molecular formula is C14H13F2NO. The van der Waals surface area contributed by atoms with E-state index in [2.05, 4.69) is 0 Å². The second-order valence-electron chi connectivity index (χ2n) is 3.86. The molecule has 0 spiro atoms. The number of hydrogen-bond donors (Lipinski definition) is 1. The van der Waals surface area contributed by atoms with Crippen LogP contribution < -0.4 is 10.5 Å². The van der Waals surface area contributed by atoms with Gasteiger partial charge in [0.2, 0.25) is 0 Å². The molecule has 0 amide bonds. The molecule has 0 atom stereocenters. The largest absolute Gasteiger partial charge is 0.454 e. The summed E-state index contributed by atoms with van der Waals surface area (Å²) in [6, 6.07) is 10.1. The quantitative estimate of drug-likeness (QED) is 0.902. The third-order valence-corrected chi connectivity index (χ3v) is 2.47. The SMILES string of the molecule is NCCc1ccc(Oc2ccc(F)cc2)c(F)c1. The van der Waals surface area contributed by atoms with E-state index in [1.54, 1.807) is 12.1 Å². The molecule has 0 fully saturated rings. The second-order valence-corrected chi connectivity index (χ2v) is 3.86. The first-order valence-electron chi connectivity index (χ1n) is 5.61. The van der Waals surface area contributed by atoms with E-state index in [-0.39, 0.29) is 11.6 Å². The summed E-state index contributed by atoms with van der Waals surface area (Å²) in [5.74, 6) is -0.310. The molecule has 2 aromatic rings. The van der Waals surface area contributed by atoms with Gasteiger partial charge in [-0.25, -0.2) is 8.78 Å². The van der Waals surface area contributed by atoms with Crippen LogP contribution in [-0.2, 0) is 6.42 Å². The maximum atomic E-state index is 13.7. The van der Waals surface area contributed by atoms with Crippen molar-refractivity contribution in [2.24, 2.45) is 5.73 Å². The van der Waals surface area contributed by atoms with Gasteiger partial charge in [0.25, 0.3) is 0 Å². The van der Waals surface area contributed by atoms with Crippen LogP contribution in [-0.4, -0.2) is 6.54 Å². The summed E-state index contributed by atoms with van der Waals surface area (Å²) in [6.45, 7) is 0.470. The number of rotatable bonds is 4. The normalized spacial score (nSPS) is 10.4. The summed E-state index contributed by atoms with van der Waals surface area (Å²) in [5, 5.41) is 0. The number of benzene rings is 2. The first-order valence-corrected chi connectivity index (χ1v) is 5.61. The molecule has 0 bridgehead atoms. The zero-order valence-corrected chi connectivity index (χ0v) is 9.70. The van der Waals surface area contributed by atoms with Crippen LogP contribution in [0.3, 0.4) is 0 Å². The molecule has 18 heavy (non-hydrogen) atoms. The molecule has 2 N–H and O–H groups in total. The van der Waals surface area contributed by atoms with Gasteiger partial charge in [0.05, 0.1) is 0 Å². The van der Waals surface area contributed by atoms with E-state index < -0.39 is 5.82 Å². The van der Waals surface area contributed by atoms with Crippen molar-refractivity contribution >= 4 is 0 Å². The Balaban J connectivity index is 2.16. The molecule has 0 aliphatic heterocycles. The lowest BCUT2D eigenvalue weighted by molar-refractivity contribution is 0.440. The van der Waals surface area contributed by atoms with Crippen LogP contribution >= 0.6 is 0 Å². The molecule has 94 valence electrons. The fourth-order valence-corrected chi connectivity index (χ4v) is 1.58. The number of ether oxygens (including phenoxy) is 1. The van der Waals surface area contributed by atoms with Crippen molar-refractivity contribution in [2.45, 2.75) is 6.42 Å². The number of hydrogen-bond acceptors (Lipinski definition) is 2. The van der Waals surface area contributed by atoms with E-state index in [0.29, 0.717) is 18.7 Å². The third kappa shape index (κ3) is 3.05. The molecule has 0 heterocycles. The standard InChI is InChI=1S/C14H13F2NO/c15-11-2-4-12(5-3-11)18-14-6-1-10(7-8-17)9-13(14)16/h1-6,9H,7-8,17H2. The molecular weight excluding hydrogens is 236 g/mol. The summed E-state index contributed by atoms with van der Waals surface area (Å²) >= 11 is 0. The Bertz CT molecular complexity index is 526. The van der Waals surface area contributed by atoms with Gasteiger partial charge in [0, 0.05) is 0 Å². The second kappa shape index (κ2) is 5.60. The Morgan fingerprint density at radius 3 is 2.33 bits per heavy atom. The van der Waals surface area contributed by atoms with Gasteiger partial charge in [-0.15, -0.1) is 0 Å². The Labute approximate surface area is 104 Å². The summed E-state index contributed by atoms with van der Waals surface area (Å²) in [7, 11) is 0. The van der Waals surface area contributed by atoms with Crippen LogP contribution in [0.1, 0.15) is 5.56 Å². The van der Waals surface area contributed by atoms with Gasteiger partial charge in [-0.05, 0) is 54.9 Å². The van der Waals surface area contributed by atoms with Crippen molar-refractivity contribution in [3.8, 4) is 11.5 Å². The molecule has 0 aliphatic carbocycles. The van der Waals surface area contributed by atoms with Crippen molar-refractivity contribution in [1.82, 2.24) is 0 Å². The Morgan fingerprint density at radius 1 is 1.00 bits per heavy atom. The van der Waals surface area contributed by atoms with E-state index in [1.165, 1.54) is 30.3 Å². The van der Waals surface area contributed by atoms with Crippen molar-refractivity contribution in [1.29, 1.82) is 0 Å². The van der Waals surface area contributed by atoms with Gasteiger partial charge >= 0.3 is 0 Å². The Hall–Kier alpha value is -1.94. The van der Waals surface area contributed by atoms with E-state index in [9.17, 15) is 8.78 Å². The molecule has 0 saturated heterocycles. The van der Waals surface area contributed by atoms with Crippen LogP contribution in [0.5, 0.6) is 11.5 Å². The lowest BCUT2D eigenvalue weighted by Crippen LogP contribution is -2.03. The molecule has 2 aromatic carbocycles. The Kier molecular flexibility index (Phi) is 3.89. The van der Waals surface area contributed by atoms with Crippen molar-refractivity contribution in [2.75, 3.05) is 6.54 Å². The first kappa shape index (κ1) is 12.5. The summed E-state index contributed by atoms with van der Waals surface area (Å²) in [4.78, 5) is 0. The van der Waals surface area contributed by atoms with Crippen LogP contribution in [0.25, 0.3) is 0 Å². The zero-order chi connectivity index (χ0) is 13.0. The minimum absolute atomic E-state index is 0.113. The smallest absolute Gasteiger partial charge is 0.165 e. The minimum Gasteiger partial charge on any atom is -0.454 e. The van der Waals surface area contributed by atoms with Crippen molar-refractivity contribution < 1.29 is 13.5 Å². The van der Waals surface area contributed by atoms with Gasteiger partial charge < -0.3 is 10.5 Å². The highest BCUT2D eigenvalue weighted by Crippen LogP contribution is 2.25. The van der Waals surface area contributed by atoms with Gasteiger partial charge in [0.1, 0.15) is 11.6 Å². The predicted octanol–water partition coefficient (Wildman–Crippen LogP) is 3.26. The van der Waals surface area contributed by atoms with E-state index in [4.69, 9.17) is 10.5 Å². The van der Waals surface area contributed by atoms with Crippen LogP contribution in [0.2, 0.25) is 0 Å². The van der Waals surface area contributed by atoms with E-state index in [1.807, 2.05) is 0 Å². The lowest BCUT2D eigenvalue weighted by atomic mass is 10.1. The van der Waals surface area contributed by atoms with Gasteiger partial charge in [-0.3, -0.25) is 0 Å². The van der Waals surface area contributed by atoms with E-state index in [0.717, 1.165) is 5.56 Å². The minimum atomic E-state index is -0.453. The predicted molar refractivity (Wildman–Crippen MR) is 65.6 cm³/mol. The number of halogens is 2. The fourth-order valence-electron chi connectivity index (χ4n) is 1.58. The summed E-state index contributed by atoms with van der Waals surface area (Å²) in [6.07, 6.45) is 0.619. The van der Waals surface area contributed by atoms with Gasteiger partial charge in [-0.1, -0.05) is 6.07 Å². The maximum absolute atomic E-state index is 13.7. The monoisotopic (exact) mass is 249 g/mol. The van der Waals surface area contributed by atoms with Gasteiger partial charge in [-0.2, -0.15) is 0 Å². The molecule has 0 saturated carbocycles. The van der Waals surface area contributed by atoms with Crippen LogP contribution in [0.4, 0.5) is 8.78 Å². The van der Waals surface area contributed by atoms with E-state index >= 15 is 0 Å². The average molecular weight is 249 g/mol. The molecule has 0 aliphatic rings. The molecule has 2 nitrogen and oxygen atoms in total. The highest BCUT2D eigenvalue weighted by Gasteiger charge is 2.06. The van der Waals surface area contributed by atoms with Crippen molar-refractivity contribution in [3.63, 3.8) is 0 Å². The molecule has 4 heteroatoms. The van der Waals surface area contributed by atoms with Crippen molar-refractivity contribution in [3.05, 3.63) is 59.7 Å². The van der Waals surface area contributed by atoms with Gasteiger partial charge in [0.15, 0.2) is 11.6 Å². The summed E-state index contributed by atoms with van der Waals surface area (Å²) in [5.41, 5.74) is 6.22. The van der Waals surface area contributed by atoms with Crippen LogP contribution in [0.15, 0.2) is 42.5 Å². The highest BCUT2D eigenvalue weighted by molar-refractivity contribution is 5.34.